The Hall–Kier alpha value is -3.02. The van der Waals surface area contributed by atoms with Crippen LogP contribution in [0.5, 0.6) is 5.75 Å². The summed E-state index contributed by atoms with van der Waals surface area (Å²) in [4.78, 5) is 27.1. The smallest absolute Gasteiger partial charge is 0.338 e. The average Bonchev–Trinajstić information content (AvgIpc) is 2.79. The lowest BCUT2D eigenvalue weighted by molar-refractivity contribution is 0.0526. The molecular formula is C26H25Cl2NO4. The molecular weight excluding hydrogens is 461 g/mol. The molecule has 33 heavy (non-hydrogen) atoms. The van der Waals surface area contributed by atoms with Crippen molar-refractivity contribution in [1.29, 1.82) is 0 Å². The fourth-order valence-electron chi connectivity index (χ4n) is 3.22. The summed E-state index contributed by atoms with van der Waals surface area (Å²) in [6.45, 7) is 6.06. The second kappa shape index (κ2) is 11.2. The standard InChI is InChI=1S/C26H25Cl2NO4/c1-4-32-26(31)19-8-12-20(13-9-19)29(16-22-23(27)6-5-7-24(22)28)25(30)18-10-14-21(15-11-18)33-17(2)3/h5-15,17H,4,16H2,1-3H3. The Bertz CT molecular complexity index is 1090. The van der Waals surface area contributed by atoms with Crippen molar-refractivity contribution in [3.63, 3.8) is 0 Å². The molecule has 0 radical (unpaired) electrons. The first-order valence-corrected chi connectivity index (χ1v) is 11.3. The molecule has 0 atom stereocenters. The summed E-state index contributed by atoms with van der Waals surface area (Å²) in [5, 5.41) is 0.924. The Balaban J connectivity index is 1.96. The first kappa shape index (κ1) is 24.6. The predicted octanol–water partition coefficient (Wildman–Crippen LogP) is 6.80. The summed E-state index contributed by atoms with van der Waals surface area (Å²) in [5.74, 6) is 0.0174. The zero-order chi connectivity index (χ0) is 24.0. The van der Waals surface area contributed by atoms with Crippen molar-refractivity contribution in [2.45, 2.75) is 33.4 Å². The predicted molar refractivity (Wildman–Crippen MR) is 132 cm³/mol. The van der Waals surface area contributed by atoms with Crippen LogP contribution in [0.2, 0.25) is 10.0 Å². The molecule has 0 heterocycles. The number of benzene rings is 3. The Morgan fingerprint density at radius 3 is 2.00 bits per heavy atom. The molecule has 0 N–H and O–H groups in total. The lowest BCUT2D eigenvalue weighted by Gasteiger charge is -2.24. The van der Waals surface area contributed by atoms with Gasteiger partial charge in [-0.25, -0.2) is 4.79 Å². The van der Waals surface area contributed by atoms with Gasteiger partial charge in [0.2, 0.25) is 0 Å². The molecule has 0 aromatic heterocycles. The number of carbonyl (C=O) groups is 2. The number of esters is 1. The van der Waals surface area contributed by atoms with Gasteiger partial charge in [-0.2, -0.15) is 0 Å². The van der Waals surface area contributed by atoms with E-state index < -0.39 is 5.97 Å². The van der Waals surface area contributed by atoms with Crippen molar-refractivity contribution >= 4 is 40.8 Å². The van der Waals surface area contributed by atoms with Gasteiger partial charge >= 0.3 is 5.97 Å². The maximum absolute atomic E-state index is 13.5. The van der Waals surface area contributed by atoms with Crippen molar-refractivity contribution in [1.82, 2.24) is 0 Å². The molecule has 0 aliphatic carbocycles. The van der Waals surface area contributed by atoms with Crippen LogP contribution in [0.25, 0.3) is 0 Å². The minimum atomic E-state index is -0.420. The molecule has 7 heteroatoms. The van der Waals surface area contributed by atoms with E-state index in [0.717, 1.165) is 0 Å². The van der Waals surface area contributed by atoms with E-state index in [4.69, 9.17) is 32.7 Å². The number of carbonyl (C=O) groups excluding carboxylic acids is 2. The summed E-state index contributed by atoms with van der Waals surface area (Å²) >= 11 is 12.8. The topological polar surface area (TPSA) is 55.8 Å². The van der Waals surface area contributed by atoms with E-state index in [0.29, 0.717) is 38.2 Å². The van der Waals surface area contributed by atoms with E-state index in [1.807, 2.05) is 13.8 Å². The second-order valence-corrected chi connectivity index (χ2v) is 8.36. The van der Waals surface area contributed by atoms with Crippen LogP contribution in [0.4, 0.5) is 5.69 Å². The third-order valence-electron chi connectivity index (χ3n) is 4.79. The molecule has 0 aliphatic heterocycles. The molecule has 172 valence electrons. The molecule has 0 aliphatic rings. The largest absolute Gasteiger partial charge is 0.491 e. The van der Waals surface area contributed by atoms with Crippen LogP contribution >= 0.6 is 23.2 Å². The molecule has 3 aromatic rings. The maximum atomic E-state index is 13.5. The summed E-state index contributed by atoms with van der Waals surface area (Å²) in [7, 11) is 0. The SMILES string of the molecule is CCOC(=O)c1ccc(N(Cc2c(Cl)cccc2Cl)C(=O)c2ccc(OC(C)C)cc2)cc1. The zero-order valence-electron chi connectivity index (χ0n) is 18.7. The minimum Gasteiger partial charge on any atom is -0.491 e. The maximum Gasteiger partial charge on any atom is 0.338 e. The van der Waals surface area contributed by atoms with E-state index in [2.05, 4.69) is 0 Å². The van der Waals surface area contributed by atoms with Gasteiger partial charge in [0.15, 0.2) is 0 Å². The average molecular weight is 486 g/mol. The van der Waals surface area contributed by atoms with E-state index in [9.17, 15) is 9.59 Å². The second-order valence-electron chi connectivity index (χ2n) is 7.55. The highest BCUT2D eigenvalue weighted by Crippen LogP contribution is 2.29. The van der Waals surface area contributed by atoms with Crippen molar-refractivity contribution in [2.24, 2.45) is 0 Å². The third kappa shape index (κ3) is 6.28. The fraction of sp³-hybridized carbons (Fsp3) is 0.231. The number of rotatable bonds is 8. The summed E-state index contributed by atoms with van der Waals surface area (Å²) in [5.41, 5.74) is 2.10. The number of amides is 1. The van der Waals surface area contributed by atoms with Crippen molar-refractivity contribution in [3.05, 3.63) is 93.5 Å². The van der Waals surface area contributed by atoms with E-state index in [1.54, 1.807) is 78.6 Å². The molecule has 1 amide bonds. The van der Waals surface area contributed by atoms with Crippen molar-refractivity contribution in [3.8, 4) is 5.75 Å². The van der Waals surface area contributed by atoms with E-state index in [1.165, 1.54) is 0 Å². The number of anilines is 1. The summed E-state index contributed by atoms with van der Waals surface area (Å²) in [6.07, 6.45) is 0.0309. The molecule has 3 aromatic carbocycles. The van der Waals surface area contributed by atoms with Gasteiger partial charge in [0.1, 0.15) is 5.75 Å². The highest BCUT2D eigenvalue weighted by molar-refractivity contribution is 6.36. The highest BCUT2D eigenvalue weighted by Gasteiger charge is 2.21. The Labute approximate surface area is 203 Å². The van der Waals surface area contributed by atoms with Gasteiger partial charge in [-0.3, -0.25) is 4.79 Å². The van der Waals surface area contributed by atoms with Crippen LogP contribution in [0.3, 0.4) is 0 Å². The van der Waals surface area contributed by atoms with Crippen LogP contribution in [0.15, 0.2) is 66.7 Å². The van der Waals surface area contributed by atoms with Gasteiger partial charge in [-0.05, 0) is 81.4 Å². The van der Waals surface area contributed by atoms with Crippen LogP contribution < -0.4 is 9.64 Å². The van der Waals surface area contributed by atoms with Crippen LogP contribution in [0.1, 0.15) is 47.1 Å². The van der Waals surface area contributed by atoms with Gasteiger partial charge in [0.05, 0.1) is 24.8 Å². The van der Waals surface area contributed by atoms with Crippen LogP contribution in [-0.2, 0) is 11.3 Å². The molecule has 0 bridgehead atoms. The van der Waals surface area contributed by atoms with Gasteiger partial charge < -0.3 is 14.4 Å². The number of halogens is 2. The normalized spacial score (nSPS) is 10.7. The third-order valence-corrected chi connectivity index (χ3v) is 5.49. The molecule has 5 nitrogen and oxygen atoms in total. The Morgan fingerprint density at radius 1 is 0.879 bits per heavy atom. The summed E-state index contributed by atoms with van der Waals surface area (Å²) in [6, 6.07) is 18.8. The Morgan fingerprint density at radius 2 is 1.45 bits per heavy atom. The van der Waals surface area contributed by atoms with Crippen molar-refractivity contribution < 1.29 is 19.1 Å². The molecule has 0 fully saturated rings. The Kier molecular flexibility index (Phi) is 8.37. The fourth-order valence-corrected chi connectivity index (χ4v) is 3.73. The number of hydrogen-bond donors (Lipinski definition) is 0. The molecule has 0 saturated carbocycles. The highest BCUT2D eigenvalue weighted by atomic mass is 35.5. The number of ether oxygens (including phenoxy) is 2. The first-order chi connectivity index (χ1) is 15.8. The lowest BCUT2D eigenvalue weighted by Crippen LogP contribution is -2.30. The van der Waals surface area contributed by atoms with Crippen LogP contribution in [0, 0.1) is 0 Å². The monoisotopic (exact) mass is 485 g/mol. The van der Waals surface area contributed by atoms with E-state index in [-0.39, 0.29) is 25.2 Å². The van der Waals surface area contributed by atoms with Gasteiger partial charge in [0, 0.05) is 26.9 Å². The minimum absolute atomic E-state index is 0.0309. The number of hydrogen-bond acceptors (Lipinski definition) is 4. The first-order valence-electron chi connectivity index (χ1n) is 10.6. The van der Waals surface area contributed by atoms with Crippen LogP contribution in [-0.4, -0.2) is 24.6 Å². The molecule has 3 rings (SSSR count). The number of nitrogens with zero attached hydrogens (tertiary/aromatic N) is 1. The van der Waals surface area contributed by atoms with Gasteiger partial charge in [0.25, 0.3) is 5.91 Å². The zero-order valence-corrected chi connectivity index (χ0v) is 20.2. The molecule has 0 spiro atoms. The quantitative estimate of drug-likeness (QED) is 0.329. The van der Waals surface area contributed by atoms with Gasteiger partial charge in [-0.15, -0.1) is 0 Å². The summed E-state index contributed by atoms with van der Waals surface area (Å²) < 4.78 is 10.7. The van der Waals surface area contributed by atoms with Gasteiger partial charge in [-0.1, -0.05) is 29.3 Å². The van der Waals surface area contributed by atoms with E-state index >= 15 is 0 Å². The molecule has 0 unspecified atom stereocenters. The van der Waals surface area contributed by atoms with Crippen molar-refractivity contribution in [2.75, 3.05) is 11.5 Å². The lowest BCUT2D eigenvalue weighted by atomic mass is 10.1. The molecule has 0 saturated heterocycles.